The third-order valence-corrected chi connectivity index (χ3v) is 5.76. The second-order valence-corrected chi connectivity index (χ2v) is 7.53. The zero-order chi connectivity index (χ0) is 19.3. The van der Waals surface area contributed by atoms with Gasteiger partial charge in [0.1, 0.15) is 17.3 Å². The van der Waals surface area contributed by atoms with Gasteiger partial charge in [-0.25, -0.2) is 9.18 Å². The number of carbonyl (C=O) groups excluding carboxylic acids is 1. The highest BCUT2D eigenvalue weighted by Crippen LogP contribution is 2.39. The lowest BCUT2D eigenvalue weighted by atomic mass is 10.1. The Hall–Kier alpha value is -2.70. The third-order valence-electron chi connectivity index (χ3n) is 4.58. The van der Waals surface area contributed by atoms with E-state index in [2.05, 4.69) is 4.90 Å². The molecule has 1 fully saturated rings. The Balaban J connectivity index is 1.57. The Labute approximate surface area is 167 Å². The average Bonchev–Trinajstić information content (AvgIpc) is 3.20. The van der Waals surface area contributed by atoms with Crippen LogP contribution in [-0.4, -0.2) is 32.3 Å². The monoisotopic (exact) mass is 397 g/mol. The van der Waals surface area contributed by atoms with Crippen LogP contribution < -0.4 is 4.90 Å². The fourth-order valence-electron chi connectivity index (χ4n) is 3.11. The molecule has 1 aromatic heterocycles. The van der Waals surface area contributed by atoms with Crippen LogP contribution in [0.4, 0.5) is 9.39 Å². The molecule has 0 amide bonds. The summed E-state index contributed by atoms with van der Waals surface area (Å²) in [6.45, 7) is 3.06. The van der Waals surface area contributed by atoms with Crippen molar-refractivity contribution in [1.29, 1.82) is 0 Å². The smallest absolute Gasteiger partial charge is 0.348 e. The van der Waals surface area contributed by atoms with Crippen molar-refractivity contribution in [2.75, 3.05) is 31.2 Å². The van der Waals surface area contributed by atoms with Crippen LogP contribution in [-0.2, 0) is 16.1 Å². The first-order valence-electron chi connectivity index (χ1n) is 9.14. The topological polar surface area (TPSA) is 38.8 Å². The van der Waals surface area contributed by atoms with Crippen LogP contribution in [0.3, 0.4) is 0 Å². The minimum atomic E-state index is -0.369. The highest BCUT2D eigenvalue weighted by Gasteiger charge is 2.22. The minimum absolute atomic E-state index is 0.116. The summed E-state index contributed by atoms with van der Waals surface area (Å²) in [4.78, 5) is 15.5. The lowest BCUT2D eigenvalue weighted by Crippen LogP contribution is -2.35. The largest absolute Gasteiger partial charge is 0.457 e. The number of carbonyl (C=O) groups is 1. The van der Waals surface area contributed by atoms with Crippen LogP contribution in [0.1, 0.15) is 15.2 Å². The molecule has 0 atom stereocenters. The van der Waals surface area contributed by atoms with Gasteiger partial charge < -0.3 is 14.4 Å². The number of ether oxygens (including phenoxy) is 2. The van der Waals surface area contributed by atoms with E-state index in [-0.39, 0.29) is 18.4 Å². The highest BCUT2D eigenvalue weighted by atomic mass is 32.1. The summed E-state index contributed by atoms with van der Waals surface area (Å²) < 4.78 is 23.9. The number of anilines is 1. The molecule has 2 aromatic carbocycles. The van der Waals surface area contributed by atoms with Crippen molar-refractivity contribution in [3.05, 3.63) is 76.9 Å². The van der Waals surface area contributed by atoms with Crippen LogP contribution in [0.25, 0.3) is 11.1 Å². The van der Waals surface area contributed by atoms with E-state index in [0.717, 1.165) is 34.8 Å². The van der Waals surface area contributed by atoms with E-state index in [9.17, 15) is 9.18 Å². The van der Waals surface area contributed by atoms with Gasteiger partial charge >= 0.3 is 5.97 Å². The molecule has 2 heterocycles. The lowest BCUT2D eigenvalue weighted by molar-refractivity contribution is 0.0478. The van der Waals surface area contributed by atoms with E-state index in [1.807, 2.05) is 36.4 Å². The summed E-state index contributed by atoms with van der Waals surface area (Å²) in [5.74, 6) is -0.679. The van der Waals surface area contributed by atoms with Gasteiger partial charge in [-0.3, -0.25) is 0 Å². The fourth-order valence-corrected chi connectivity index (χ4v) is 4.23. The molecule has 0 saturated carbocycles. The molecule has 0 aliphatic carbocycles. The average molecular weight is 397 g/mol. The van der Waals surface area contributed by atoms with Crippen molar-refractivity contribution in [3.63, 3.8) is 0 Å². The number of nitrogens with zero attached hydrogens (tertiary/aromatic N) is 1. The van der Waals surface area contributed by atoms with Gasteiger partial charge in [0.2, 0.25) is 0 Å². The number of rotatable bonds is 5. The maximum Gasteiger partial charge on any atom is 0.348 e. The Morgan fingerprint density at radius 1 is 1.07 bits per heavy atom. The quantitative estimate of drug-likeness (QED) is 0.583. The van der Waals surface area contributed by atoms with Crippen LogP contribution in [0, 0.1) is 5.82 Å². The second-order valence-electron chi connectivity index (χ2n) is 6.50. The molecule has 0 radical (unpaired) electrons. The summed E-state index contributed by atoms with van der Waals surface area (Å²) in [5, 5.41) is 1.06. The van der Waals surface area contributed by atoms with Crippen molar-refractivity contribution in [2.24, 2.45) is 0 Å². The molecule has 6 heteroatoms. The van der Waals surface area contributed by atoms with Crippen molar-refractivity contribution < 1.29 is 18.7 Å². The number of hydrogen-bond donors (Lipinski definition) is 0. The molecule has 1 aliphatic rings. The molecule has 0 unspecified atom stereocenters. The Morgan fingerprint density at radius 2 is 1.79 bits per heavy atom. The summed E-state index contributed by atoms with van der Waals surface area (Å²) in [6.07, 6.45) is 0. The molecule has 1 aliphatic heterocycles. The molecule has 0 bridgehead atoms. The summed E-state index contributed by atoms with van der Waals surface area (Å²) in [6, 6.07) is 17.9. The number of benzene rings is 2. The predicted molar refractivity (Wildman–Crippen MR) is 108 cm³/mol. The van der Waals surface area contributed by atoms with Crippen molar-refractivity contribution in [3.8, 4) is 11.1 Å². The van der Waals surface area contributed by atoms with Gasteiger partial charge in [0.05, 0.1) is 18.2 Å². The first-order valence-corrected chi connectivity index (χ1v) is 9.96. The van der Waals surface area contributed by atoms with Gasteiger partial charge in [-0.15, -0.1) is 11.3 Å². The van der Waals surface area contributed by atoms with E-state index >= 15 is 0 Å². The Bertz CT molecular complexity index is 934. The van der Waals surface area contributed by atoms with Gasteiger partial charge in [-0.1, -0.05) is 42.5 Å². The molecule has 28 heavy (non-hydrogen) atoms. The molecular formula is C22H20FNO3S. The molecule has 144 valence electrons. The summed E-state index contributed by atoms with van der Waals surface area (Å²) in [5.41, 5.74) is 2.85. The van der Waals surface area contributed by atoms with Crippen LogP contribution in [0.15, 0.2) is 60.7 Å². The normalized spacial score (nSPS) is 14.1. The molecule has 0 N–H and O–H groups in total. The van der Waals surface area contributed by atoms with Gasteiger partial charge in [-0.05, 0) is 29.3 Å². The van der Waals surface area contributed by atoms with E-state index in [1.54, 1.807) is 12.1 Å². The van der Waals surface area contributed by atoms with Crippen LogP contribution in [0.2, 0.25) is 0 Å². The van der Waals surface area contributed by atoms with Gasteiger partial charge in [0, 0.05) is 18.7 Å². The van der Waals surface area contributed by atoms with E-state index in [4.69, 9.17) is 9.47 Å². The molecule has 0 spiro atoms. The fraction of sp³-hybridized carbons (Fsp3) is 0.227. The van der Waals surface area contributed by atoms with Crippen molar-refractivity contribution in [2.45, 2.75) is 6.61 Å². The van der Waals surface area contributed by atoms with E-state index in [1.165, 1.54) is 23.5 Å². The number of hydrogen-bond acceptors (Lipinski definition) is 5. The van der Waals surface area contributed by atoms with E-state index < -0.39 is 0 Å². The first kappa shape index (κ1) is 18.7. The number of halogens is 1. The number of thiophene rings is 1. The summed E-state index contributed by atoms with van der Waals surface area (Å²) >= 11 is 1.44. The molecule has 3 aromatic rings. The Morgan fingerprint density at radius 3 is 2.50 bits per heavy atom. The highest BCUT2D eigenvalue weighted by molar-refractivity contribution is 7.18. The maximum absolute atomic E-state index is 13.0. The Kier molecular flexibility index (Phi) is 5.69. The van der Waals surface area contributed by atoms with Gasteiger partial charge in [0.25, 0.3) is 0 Å². The lowest BCUT2D eigenvalue weighted by Gasteiger charge is -2.28. The SMILES string of the molecule is O=C(OCc1ccc(F)cc1)c1cc(-c2ccccc2)c(N2CCOCC2)s1. The first-order chi connectivity index (χ1) is 13.7. The predicted octanol–water partition coefficient (Wildman–Crippen LogP) is 4.75. The third kappa shape index (κ3) is 4.24. The molecular weight excluding hydrogens is 377 g/mol. The summed E-state index contributed by atoms with van der Waals surface area (Å²) in [7, 11) is 0. The zero-order valence-corrected chi connectivity index (χ0v) is 16.1. The molecule has 1 saturated heterocycles. The zero-order valence-electron chi connectivity index (χ0n) is 15.3. The molecule has 4 nitrogen and oxygen atoms in total. The van der Waals surface area contributed by atoms with Crippen molar-refractivity contribution >= 4 is 22.3 Å². The standard InChI is InChI=1S/C22H20FNO3S/c23-18-8-6-16(7-9-18)15-27-22(25)20-14-19(17-4-2-1-3-5-17)21(28-20)24-10-12-26-13-11-24/h1-9,14H,10-13,15H2. The van der Waals surface area contributed by atoms with Crippen molar-refractivity contribution in [1.82, 2.24) is 0 Å². The van der Waals surface area contributed by atoms with E-state index in [0.29, 0.717) is 18.1 Å². The van der Waals surface area contributed by atoms with Gasteiger partial charge in [-0.2, -0.15) is 0 Å². The number of esters is 1. The maximum atomic E-state index is 13.0. The second kappa shape index (κ2) is 8.54. The van der Waals surface area contributed by atoms with Crippen LogP contribution in [0.5, 0.6) is 0 Å². The number of morpholine rings is 1. The molecule has 4 rings (SSSR count). The van der Waals surface area contributed by atoms with Gasteiger partial charge in [0.15, 0.2) is 0 Å². The van der Waals surface area contributed by atoms with Crippen LogP contribution >= 0.6 is 11.3 Å². The minimum Gasteiger partial charge on any atom is -0.457 e.